The van der Waals surface area contributed by atoms with E-state index in [-0.39, 0.29) is 0 Å². The Balaban J connectivity index is 2.31. The highest BCUT2D eigenvalue weighted by Gasteiger charge is 2.14. The highest BCUT2D eigenvalue weighted by atomic mass is 79.9. The van der Waals surface area contributed by atoms with Crippen molar-refractivity contribution in [2.75, 3.05) is 0 Å². The Labute approximate surface area is 101 Å². The summed E-state index contributed by atoms with van der Waals surface area (Å²) >= 11 is 3.21. The minimum Gasteiger partial charge on any atom is -0.477 e. The van der Waals surface area contributed by atoms with E-state index in [2.05, 4.69) is 15.9 Å². The zero-order valence-electron chi connectivity index (χ0n) is 8.61. The van der Waals surface area contributed by atoms with Gasteiger partial charge in [-0.3, -0.25) is 0 Å². The van der Waals surface area contributed by atoms with Gasteiger partial charge in [-0.15, -0.1) is 0 Å². The van der Waals surface area contributed by atoms with E-state index in [0.717, 1.165) is 5.56 Å². The molecular formula is C11H10BrNO3. The van der Waals surface area contributed by atoms with Gasteiger partial charge in [0.2, 0.25) is 0 Å². The monoisotopic (exact) mass is 283 g/mol. The molecule has 0 aliphatic heterocycles. The second-order valence-electron chi connectivity index (χ2n) is 3.49. The largest absolute Gasteiger partial charge is 0.477 e. The van der Waals surface area contributed by atoms with Crippen LogP contribution < -0.4 is 0 Å². The second-order valence-corrected chi connectivity index (χ2v) is 4.27. The molecular weight excluding hydrogens is 274 g/mol. The van der Waals surface area contributed by atoms with Crippen molar-refractivity contribution in [1.82, 2.24) is 4.57 Å². The van der Waals surface area contributed by atoms with Crippen LogP contribution in [-0.2, 0) is 6.54 Å². The number of aromatic nitrogens is 1. The number of aryl methyl sites for hydroxylation is 1. The summed E-state index contributed by atoms with van der Waals surface area (Å²) in [6.45, 7) is 2.19. The van der Waals surface area contributed by atoms with Crippen LogP contribution in [0.1, 0.15) is 21.8 Å². The molecule has 2 heterocycles. The number of hydrogen-bond acceptors (Lipinski definition) is 2. The molecule has 0 unspecified atom stereocenters. The summed E-state index contributed by atoms with van der Waals surface area (Å²) < 4.78 is 7.63. The first-order chi connectivity index (χ1) is 7.58. The number of carbonyl (C=O) groups is 1. The fourth-order valence-corrected chi connectivity index (χ4v) is 1.95. The van der Waals surface area contributed by atoms with Crippen LogP contribution >= 0.6 is 15.9 Å². The number of carboxylic acids is 1. The van der Waals surface area contributed by atoms with Gasteiger partial charge >= 0.3 is 5.97 Å². The third kappa shape index (κ3) is 2.04. The molecule has 16 heavy (non-hydrogen) atoms. The van der Waals surface area contributed by atoms with Gasteiger partial charge in [-0.05, 0) is 46.6 Å². The fourth-order valence-electron chi connectivity index (χ4n) is 1.61. The third-order valence-electron chi connectivity index (χ3n) is 2.32. The molecule has 0 aliphatic carbocycles. The van der Waals surface area contributed by atoms with Crippen molar-refractivity contribution in [3.63, 3.8) is 0 Å². The first-order valence-electron chi connectivity index (χ1n) is 4.71. The number of carboxylic acid groups (broad SMARTS) is 1. The molecule has 0 bridgehead atoms. The fraction of sp³-hybridized carbons (Fsp3) is 0.182. The molecule has 0 spiro atoms. The van der Waals surface area contributed by atoms with Crippen molar-refractivity contribution in [2.24, 2.45) is 0 Å². The quantitative estimate of drug-likeness (QED) is 0.942. The van der Waals surface area contributed by atoms with E-state index in [1.165, 1.54) is 0 Å². The van der Waals surface area contributed by atoms with Gasteiger partial charge in [0.25, 0.3) is 0 Å². The predicted molar refractivity (Wildman–Crippen MR) is 61.6 cm³/mol. The first-order valence-corrected chi connectivity index (χ1v) is 5.50. The van der Waals surface area contributed by atoms with Crippen LogP contribution in [0.25, 0.3) is 0 Å². The molecule has 0 amide bonds. The van der Waals surface area contributed by atoms with Gasteiger partial charge in [0.15, 0.2) is 4.67 Å². The lowest BCUT2D eigenvalue weighted by Crippen LogP contribution is -2.09. The maximum Gasteiger partial charge on any atom is 0.352 e. The van der Waals surface area contributed by atoms with Crippen molar-refractivity contribution in [3.8, 4) is 0 Å². The molecule has 0 atom stereocenters. The number of rotatable bonds is 3. The topological polar surface area (TPSA) is 55.4 Å². The van der Waals surface area contributed by atoms with Crippen molar-refractivity contribution >= 4 is 21.9 Å². The highest BCUT2D eigenvalue weighted by Crippen LogP contribution is 2.17. The zero-order valence-corrected chi connectivity index (χ0v) is 10.2. The van der Waals surface area contributed by atoms with Gasteiger partial charge < -0.3 is 14.1 Å². The van der Waals surface area contributed by atoms with E-state index < -0.39 is 5.97 Å². The summed E-state index contributed by atoms with van der Waals surface area (Å²) in [5, 5.41) is 9.06. The van der Waals surface area contributed by atoms with Gasteiger partial charge in [0.05, 0.1) is 6.54 Å². The molecule has 2 aromatic rings. The molecule has 2 rings (SSSR count). The molecule has 0 saturated carbocycles. The average Bonchev–Trinajstić information content (AvgIpc) is 2.74. The lowest BCUT2D eigenvalue weighted by Gasteiger charge is -2.04. The summed E-state index contributed by atoms with van der Waals surface area (Å²) in [5.74, 6) is -0.210. The van der Waals surface area contributed by atoms with E-state index in [1.807, 2.05) is 6.07 Å². The molecule has 0 aliphatic rings. The summed E-state index contributed by atoms with van der Waals surface area (Å²) in [6.07, 6.45) is 1.75. The van der Waals surface area contributed by atoms with Gasteiger partial charge in [-0.1, -0.05) is 0 Å². The normalized spacial score (nSPS) is 10.6. The Morgan fingerprint density at radius 2 is 2.25 bits per heavy atom. The van der Waals surface area contributed by atoms with Gasteiger partial charge in [0, 0.05) is 6.20 Å². The summed E-state index contributed by atoms with van der Waals surface area (Å²) in [5.41, 5.74) is 1.05. The van der Waals surface area contributed by atoms with Crippen LogP contribution in [-0.4, -0.2) is 15.6 Å². The molecule has 0 aromatic carbocycles. The molecule has 5 heteroatoms. The number of aromatic carboxylic acids is 1. The average molecular weight is 284 g/mol. The van der Waals surface area contributed by atoms with Crippen LogP contribution in [0.5, 0.6) is 0 Å². The number of hydrogen-bond donors (Lipinski definition) is 1. The van der Waals surface area contributed by atoms with Crippen LogP contribution in [0.15, 0.2) is 33.5 Å². The number of halogens is 1. The molecule has 84 valence electrons. The minimum absolute atomic E-state index is 0.299. The van der Waals surface area contributed by atoms with Gasteiger partial charge in [-0.2, -0.15) is 0 Å². The third-order valence-corrected chi connectivity index (χ3v) is 2.75. The molecule has 0 fully saturated rings. The Bertz CT molecular complexity index is 527. The minimum atomic E-state index is -0.923. The number of nitrogens with zero attached hydrogens (tertiary/aromatic N) is 1. The summed E-state index contributed by atoms with van der Waals surface area (Å²) in [4.78, 5) is 11.0. The highest BCUT2D eigenvalue weighted by molar-refractivity contribution is 9.10. The van der Waals surface area contributed by atoms with E-state index in [1.54, 1.807) is 29.8 Å². The van der Waals surface area contributed by atoms with E-state index in [9.17, 15) is 4.79 Å². The second kappa shape index (κ2) is 4.17. The lowest BCUT2D eigenvalue weighted by atomic mass is 10.3. The SMILES string of the molecule is Cc1ccn(Cc2ccc(Br)o2)c1C(=O)O. The Kier molecular flexibility index (Phi) is 2.87. The Morgan fingerprint density at radius 3 is 2.81 bits per heavy atom. The van der Waals surface area contributed by atoms with Crippen molar-refractivity contribution in [1.29, 1.82) is 0 Å². The molecule has 2 aromatic heterocycles. The number of furan rings is 1. The lowest BCUT2D eigenvalue weighted by molar-refractivity contribution is 0.0684. The van der Waals surface area contributed by atoms with Crippen LogP contribution in [0.4, 0.5) is 0 Å². The molecule has 1 N–H and O–H groups in total. The van der Waals surface area contributed by atoms with Crippen LogP contribution in [0, 0.1) is 6.92 Å². The maximum atomic E-state index is 11.0. The smallest absolute Gasteiger partial charge is 0.352 e. The maximum absolute atomic E-state index is 11.0. The summed E-state index contributed by atoms with van der Waals surface area (Å²) in [7, 11) is 0. The predicted octanol–water partition coefficient (Wildman–Crippen LogP) is 2.90. The summed E-state index contributed by atoms with van der Waals surface area (Å²) in [6, 6.07) is 5.37. The Hall–Kier alpha value is -1.49. The van der Waals surface area contributed by atoms with E-state index in [4.69, 9.17) is 9.52 Å². The molecule has 0 saturated heterocycles. The van der Waals surface area contributed by atoms with E-state index in [0.29, 0.717) is 22.7 Å². The molecule has 0 radical (unpaired) electrons. The zero-order chi connectivity index (χ0) is 11.7. The van der Waals surface area contributed by atoms with Gasteiger partial charge in [-0.25, -0.2) is 4.79 Å². The van der Waals surface area contributed by atoms with Crippen molar-refractivity contribution in [2.45, 2.75) is 13.5 Å². The Morgan fingerprint density at radius 1 is 1.50 bits per heavy atom. The standard InChI is InChI=1S/C11H10BrNO3/c1-7-4-5-13(10(7)11(14)15)6-8-2-3-9(12)16-8/h2-5H,6H2,1H3,(H,14,15). The van der Waals surface area contributed by atoms with Crippen LogP contribution in [0.3, 0.4) is 0 Å². The van der Waals surface area contributed by atoms with Crippen molar-refractivity contribution in [3.05, 3.63) is 46.1 Å². The van der Waals surface area contributed by atoms with E-state index >= 15 is 0 Å². The van der Waals surface area contributed by atoms with Crippen molar-refractivity contribution < 1.29 is 14.3 Å². The first kappa shape index (κ1) is 11.0. The molecule has 4 nitrogen and oxygen atoms in total. The van der Waals surface area contributed by atoms with Crippen LogP contribution in [0.2, 0.25) is 0 Å². The van der Waals surface area contributed by atoms with Gasteiger partial charge in [0.1, 0.15) is 11.5 Å².